The molecule has 20 heavy (non-hydrogen) atoms. The lowest BCUT2D eigenvalue weighted by Gasteiger charge is -2.14. The molecule has 6 nitrogen and oxygen atoms in total. The van der Waals surface area contributed by atoms with Gasteiger partial charge in [0, 0.05) is 12.7 Å². The second kappa shape index (κ2) is 4.97. The highest BCUT2D eigenvalue weighted by molar-refractivity contribution is 5.98. The Hall–Kier alpha value is -2.34. The molecule has 2 N–H and O–H groups in total. The van der Waals surface area contributed by atoms with Crippen LogP contribution in [0.15, 0.2) is 35.7 Å². The topological polar surface area (TPSA) is 57.5 Å². The molecule has 0 spiro atoms. The van der Waals surface area contributed by atoms with Crippen molar-refractivity contribution >= 4 is 5.84 Å². The van der Waals surface area contributed by atoms with Gasteiger partial charge in [-0.3, -0.25) is 5.01 Å². The lowest BCUT2D eigenvalue weighted by atomic mass is 10.1. The van der Waals surface area contributed by atoms with E-state index in [0.717, 1.165) is 23.6 Å². The highest BCUT2D eigenvalue weighted by Crippen LogP contribution is 2.19. The molecule has 0 atom stereocenters. The quantitative estimate of drug-likeness (QED) is 0.887. The highest BCUT2D eigenvalue weighted by atomic mass is 15.8. The van der Waals surface area contributed by atoms with E-state index in [1.54, 1.807) is 0 Å². The standard InChI is InChI=1S/C14H18N6/c1-4-19-14(16-17-18-19)12-8-15-20(9-12)13-10(2)6-5-7-11(13)3/h5-9,17-18H,4H2,1-3H3. The molecule has 104 valence electrons. The number of benzene rings is 1. The number of nitrogens with zero attached hydrogens (tertiary/aromatic N) is 4. The van der Waals surface area contributed by atoms with Gasteiger partial charge in [0.2, 0.25) is 0 Å². The molecule has 6 heteroatoms. The maximum Gasteiger partial charge on any atom is 0.176 e. The Balaban J connectivity index is 1.99. The average molecular weight is 270 g/mol. The Morgan fingerprint density at radius 1 is 1.20 bits per heavy atom. The van der Waals surface area contributed by atoms with Crippen LogP contribution in [0.1, 0.15) is 23.6 Å². The molecule has 0 fully saturated rings. The summed E-state index contributed by atoms with van der Waals surface area (Å²) in [4.78, 5) is 0. The zero-order valence-electron chi connectivity index (χ0n) is 11.9. The summed E-state index contributed by atoms with van der Waals surface area (Å²) in [6.07, 6.45) is 3.84. The van der Waals surface area contributed by atoms with E-state index in [4.69, 9.17) is 0 Å². The average Bonchev–Trinajstić information content (AvgIpc) is 3.06. The minimum absolute atomic E-state index is 0.820. The Bertz CT molecular complexity index is 637. The fraction of sp³-hybridized carbons (Fsp3) is 0.286. The summed E-state index contributed by atoms with van der Waals surface area (Å²) in [5.74, 6) is 0.852. The SMILES string of the molecule is CCN1NNN=C1c1cnn(-c2c(C)cccc2C)c1. The molecule has 3 rings (SSSR count). The Labute approximate surface area is 118 Å². The summed E-state index contributed by atoms with van der Waals surface area (Å²) < 4.78 is 1.91. The van der Waals surface area contributed by atoms with Crippen molar-refractivity contribution < 1.29 is 0 Å². The molecular weight excluding hydrogens is 252 g/mol. The first-order valence-corrected chi connectivity index (χ1v) is 6.68. The maximum atomic E-state index is 4.48. The Morgan fingerprint density at radius 2 is 1.95 bits per heavy atom. The molecular formula is C14H18N6. The van der Waals surface area contributed by atoms with Gasteiger partial charge in [-0.1, -0.05) is 18.2 Å². The highest BCUT2D eigenvalue weighted by Gasteiger charge is 2.19. The molecule has 1 aliphatic heterocycles. The van der Waals surface area contributed by atoms with E-state index in [0.29, 0.717) is 0 Å². The zero-order valence-corrected chi connectivity index (χ0v) is 11.9. The number of amidine groups is 1. The summed E-state index contributed by atoms with van der Waals surface area (Å²) in [7, 11) is 0. The molecule has 1 aliphatic rings. The van der Waals surface area contributed by atoms with Gasteiger partial charge in [0.15, 0.2) is 5.84 Å². The normalized spacial score (nSPS) is 14.3. The van der Waals surface area contributed by atoms with E-state index >= 15 is 0 Å². The second-order valence-electron chi connectivity index (χ2n) is 4.82. The number of hydrazone groups is 1. The number of aromatic nitrogens is 2. The van der Waals surface area contributed by atoms with Crippen LogP contribution < -0.4 is 11.1 Å². The first-order chi connectivity index (χ1) is 9.70. The first-order valence-electron chi connectivity index (χ1n) is 6.68. The molecule has 0 saturated heterocycles. The van der Waals surface area contributed by atoms with Gasteiger partial charge >= 0.3 is 0 Å². The molecule has 0 amide bonds. The van der Waals surface area contributed by atoms with Crippen LogP contribution in [0.2, 0.25) is 0 Å². The number of aryl methyl sites for hydroxylation is 2. The molecule has 0 aliphatic carbocycles. The number of hydrogen-bond acceptors (Lipinski definition) is 5. The summed E-state index contributed by atoms with van der Waals surface area (Å²) in [5, 5.41) is 10.6. The van der Waals surface area contributed by atoms with Gasteiger partial charge in [-0.2, -0.15) is 5.10 Å². The zero-order chi connectivity index (χ0) is 14.1. The summed E-state index contributed by atoms with van der Waals surface area (Å²) >= 11 is 0. The van der Waals surface area contributed by atoms with Crippen LogP contribution in [0.25, 0.3) is 5.69 Å². The van der Waals surface area contributed by atoms with Crippen molar-refractivity contribution in [1.29, 1.82) is 0 Å². The number of hydrogen-bond donors (Lipinski definition) is 2. The van der Waals surface area contributed by atoms with Gasteiger partial charge in [0.1, 0.15) is 0 Å². The van der Waals surface area contributed by atoms with E-state index in [1.807, 2.05) is 22.1 Å². The molecule has 0 unspecified atom stereocenters. The van der Waals surface area contributed by atoms with Gasteiger partial charge in [0.05, 0.1) is 17.4 Å². The minimum Gasteiger partial charge on any atom is -0.271 e. The lowest BCUT2D eigenvalue weighted by molar-refractivity contribution is 0.308. The molecule has 2 heterocycles. The summed E-state index contributed by atoms with van der Waals surface area (Å²) in [6, 6.07) is 6.25. The maximum absolute atomic E-state index is 4.48. The van der Waals surface area contributed by atoms with Crippen molar-refractivity contribution in [3.05, 3.63) is 47.3 Å². The van der Waals surface area contributed by atoms with Crippen LogP contribution in [-0.2, 0) is 0 Å². The molecule has 1 aromatic heterocycles. The van der Waals surface area contributed by atoms with Crippen LogP contribution in [0.3, 0.4) is 0 Å². The Kier molecular flexibility index (Phi) is 3.15. The third-order valence-electron chi connectivity index (χ3n) is 3.43. The van der Waals surface area contributed by atoms with Crippen molar-refractivity contribution in [3.63, 3.8) is 0 Å². The second-order valence-corrected chi connectivity index (χ2v) is 4.82. The van der Waals surface area contributed by atoms with Gasteiger partial charge in [0.25, 0.3) is 0 Å². The first kappa shape index (κ1) is 12.7. The van der Waals surface area contributed by atoms with Gasteiger partial charge in [-0.05, 0) is 31.9 Å². The van der Waals surface area contributed by atoms with E-state index < -0.39 is 0 Å². The Morgan fingerprint density at radius 3 is 2.65 bits per heavy atom. The molecule has 2 aromatic rings. The molecule has 0 bridgehead atoms. The predicted molar refractivity (Wildman–Crippen MR) is 78.2 cm³/mol. The van der Waals surface area contributed by atoms with Crippen molar-refractivity contribution in [2.45, 2.75) is 20.8 Å². The molecule has 1 aromatic carbocycles. The molecule has 0 saturated carbocycles. The van der Waals surface area contributed by atoms with E-state index in [9.17, 15) is 0 Å². The van der Waals surface area contributed by atoms with Crippen LogP contribution in [0.4, 0.5) is 0 Å². The van der Waals surface area contributed by atoms with E-state index in [-0.39, 0.29) is 0 Å². The summed E-state index contributed by atoms with van der Waals surface area (Å²) in [5.41, 5.74) is 10.3. The number of para-hydroxylation sites is 1. The minimum atomic E-state index is 0.820. The fourth-order valence-electron chi connectivity index (χ4n) is 2.43. The summed E-state index contributed by atoms with van der Waals surface area (Å²) in [6.45, 7) is 7.07. The van der Waals surface area contributed by atoms with Gasteiger partial charge < -0.3 is 0 Å². The lowest BCUT2D eigenvalue weighted by Crippen LogP contribution is -2.40. The third kappa shape index (κ3) is 2.04. The predicted octanol–water partition coefficient (Wildman–Crippen LogP) is 1.50. The van der Waals surface area contributed by atoms with Gasteiger partial charge in [-0.25, -0.2) is 10.2 Å². The van der Waals surface area contributed by atoms with Crippen LogP contribution in [0, 0.1) is 13.8 Å². The van der Waals surface area contributed by atoms with Crippen molar-refractivity contribution in [1.82, 2.24) is 25.9 Å². The molecule has 0 radical (unpaired) electrons. The van der Waals surface area contributed by atoms with Crippen molar-refractivity contribution in [3.8, 4) is 5.69 Å². The van der Waals surface area contributed by atoms with Gasteiger partial charge in [-0.15, -0.1) is 10.6 Å². The smallest absolute Gasteiger partial charge is 0.176 e. The van der Waals surface area contributed by atoms with Crippen LogP contribution in [0.5, 0.6) is 0 Å². The largest absolute Gasteiger partial charge is 0.271 e. The van der Waals surface area contributed by atoms with Crippen molar-refractivity contribution in [2.75, 3.05) is 6.54 Å². The van der Waals surface area contributed by atoms with E-state index in [2.05, 4.69) is 60.2 Å². The number of rotatable bonds is 3. The third-order valence-corrected chi connectivity index (χ3v) is 3.43. The van der Waals surface area contributed by atoms with Crippen LogP contribution >= 0.6 is 0 Å². The monoisotopic (exact) mass is 270 g/mol. The fourth-order valence-corrected chi connectivity index (χ4v) is 2.43. The van der Waals surface area contributed by atoms with E-state index in [1.165, 1.54) is 11.1 Å². The van der Waals surface area contributed by atoms with Crippen LogP contribution in [-0.4, -0.2) is 27.2 Å². The number of nitrogens with one attached hydrogen (secondary N) is 2. The van der Waals surface area contributed by atoms with Crippen molar-refractivity contribution in [2.24, 2.45) is 5.10 Å². The number of hydrazine groups is 2.